The zero-order valence-corrected chi connectivity index (χ0v) is 11.7. The highest BCUT2D eigenvalue weighted by molar-refractivity contribution is 5.95. The van der Waals surface area contributed by atoms with E-state index in [0.29, 0.717) is 17.2 Å². The van der Waals surface area contributed by atoms with E-state index < -0.39 is 0 Å². The van der Waals surface area contributed by atoms with Crippen LogP contribution in [0.2, 0.25) is 0 Å². The van der Waals surface area contributed by atoms with E-state index in [1.165, 1.54) is 0 Å². The number of H-pyrrole nitrogens is 1. The summed E-state index contributed by atoms with van der Waals surface area (Å²) in [5.41, 5.74) is 7.11. The molecule has 106 valence electrons. The Morgan fingerprint density at radius 3 is 2.95 bits per heavy atom. The molecule has 0 bridgehead atoms. The van der Waals surface area contributed by atoms with Gasteiger partial charge in [-0.2, -0.15) is 0 Å². The number of nitrogens with two attached hydrogens (primary N) is 1. The smallest absolute Gasteiger partial charge is 0.252 e. The largest absolute Gasteiger partial charge is 0.384 e. The van der Waals surface area contributed by atoms with E-state index >= 15 is 0 Å². The zero-order valence-electron chi connectivity index (χ0n) is 11.7. The van der Waals surface area contributed by atoms with Crippen LogP contribution < -0.4 is 11.1 Å². The molecule has 4 N–H and O–H groups in total. The zero-order chi connectivity index (χ0) is 14.5. The van der Waals surface area contributed by atoms with E-state index in [9.17, 15) is 4.79 Å². The van der Waals surface area contributed by atoms with E-state index in [2.05, 4.69) is 27.2 Å². The molecule has 6 heteroatoms. The van der Waals surface area contributed by atoms with Crippen molar-refractivity contribution in [2.75, 3.05) is 5.73 Å². The number of aromatic nitrogens is 3. The van der Waals surface area contributed by atoms with E-state index in [1.54, 1.807) is 24.5 Å². The van der Waals surface area contributed by atoms with Crippen LogP contribution in [0.1, 0.15) is 48.2 Å². The molecule has 0 spiro atoms. The van der Waals surface area contributed by atoms with Crippen molar-refractivity contribution >= 4 is 11.7 Å². The number of nitrogens with zero attached hydrogens (tertiary/aromatic N) is 2. The van der Waals surface area contributed by atoms with Gasteiger partial charge in [-0.3, -0.25) is 4.79 Å². The van der Waals surface area contributed by atoms with Crippen LogP contribution in [-0.2, 0) is 6.42 Å². The Bertz CT molecular complexity index is 579. The summed E-state index contributed by atoms with van der Waals surface area (Å²) in [6.45, 7) is 3.93. The van der Waals surface area contributed by atoms with Gasteiger partial charge in [0.25, 0.3) is 5.91 Å². The molecule has 2 aromatic heterocycles. The van der Waals surface area contributed by atoms with Crippen molar-refractivity contribution in [2.45, 2.75) is 32.7 Å². The molecule has 0 aliphatic heterocycles. The number of carbonyl (C=O) groups is 1. The minimum atomic E-state index is -0.193. The maximum absolute atomic E-state index is 12.2. The summed E-state index contributed by atoms with van der Waals surface area (Å²) in [7, 11) is 0. The molecule has 0 saturated heterocycles. The molecule has 2 heterocycles. The van der Waals surface area contributed by atoms with E-state index in [4.69, 9.17) is 5.73 Å². The van der Waals surface area contributed by atoms with Crippen LogP contribution in [0, 0.1) is 0 Å². The highest BCUT2D eigenvalue weighted by Crippen LogP contribution is 2.12. The van der Waals surface area contributed by atoms with Crippen molar-refractivity contribution in [3.63, 3.8) is 0 Å². The quantitative estimate of drug-likeness (QED) is 0.774. The van der Waals surface area contributed by atoms with Gasteiger partial charge < -0.3 is 16.0 Å². The fraction of sp³-hybridized carbons (Fsp3) is 0.357. The molecule has 0 fully saturated rings. The fourth-order valence-electron chi connectivity index (χ4n) is 1.99. The number of nitrogens with one attached hydrogen (secondary N) is 2. The number of aryl methyl sites for hydroxylation is 1. The van der Waals surface area contributed by atoms with Crippen LogP contribution in [0.25, 0.3) is 0 Å². The second-order valence-corrected chi connectivity index (χ2v) is 4.69. The molecule has 20 heavy (non-hydrogen) atoms. The van der Waals surface area contributed by atoms with Crippen molar-refractivity contribution in [3.8, 4) is 0 Å². The number of hydrogen-bond donors (Lipinski definition) is 3. The molecular formula is C14H19N5O. The fourth-order valence-corrected chi connectivity index (χ4v) is 1.99. The van der Waals surface area contributed by atoms with Crippen LogP contribution in [0.5, 0.6) is 0 Å². The number of nitrogen functional groups attached to an aromatic ring is 1. The molecule has 0 aliphatic rings. The molecule has 0 aromatic carbocycles. The number of anilines is 1. The first-order valence-electron chi connectivity index (χ1n) is 6.66. The number of rotatable bonds is 5. The summed E-state index contributed by atoms with van der Waals surface area (Å²) >= 11 is 0. The highest BCUT2D eigenvalue weighted by atomic mass is 16.1. The van der Waals surface area contributed by atoms with Crippen LogP contribution in [0.15, 0.2) is 24.5 Å². The Labute approximate surface area is 117 Å². The Morgan fingerprint density at radius 2 is 2.30 bits per heavy atom. The normalized spacial score (nSPS) is 12.1. The lowest BCUT2D eigenvalue weighted by Crippen LogP contribution is -2.27. The van der Waals surface area contributed by atoms with E-state index in [-0.39, 0.29) is 11.9 Å². The molecule has 1 atom stereocenters. The van der Waals surface area contributed by atoms with Crippen molar-refractivity contribution in [1.29, 1.82) is 0 Å². The van der Waals surface area contributed by atoms with Gasteiger partial charge in [-0.05, 0) is 25.5 Å². The lowest BCUT2D eigenvalue weighted by Gasteiger charge is -2.12. The Balaban J connectivity index is 2.12. The van der Waals surface area contributed by atoms with Crippen LogP contribution >= 0.6 is 0 Å². The average molecular weight is 273 g/mol. The van der Waals surface area contributed by atoms with Gasteiger partial charge in [0.2, 0.25) is 0 Å². The van der Waals surface area contributed by atoms with Gasteiger partial charge >= 0.3 is 0 Å². The first-order chi connectivity index (χ1) is 9.60. The third-order valence-corrected chi connectivity index (χ3v) is 2.94. The van der Waals surface area contributed by atoms with Crippen molar-refractivity contribution in [3.05, 3.63) is 41.6 Å². The SMILES string of the molecule is CCCc1cc(C(=O)NC(C)c2ncc[nH]2)cc(N)n1. The predicted molar refractivity (Wildman–Crippen MR) is 77.1 cm³/mol. The van der Waals surface area contributed by atoms with E-state index in [0.717, 1.165) is 18.5 Å². The molecule has 0 saturated carbocycles. The van der Waals surface area contributed by atoms with Gasteiger partial charge in [-0.1, -0.05) is 13.3 Å². The monoisotopic (exact) mass is 273 g/mol. The number of hydrogen-bond acceptors (Lipinski definition) is 4. The maximum atomic E-state index is 12.2. The summed E-state index contributed by atoms with van der Waals surface area (Å²) in [5.74, 6) is 0.904. The van der Waals surface area contributed by atoms with Crippen LogP contribution in [0.4, 0.5) is 5.82 Å². The number of pyridine rings is 1. The van der Waals surface area contributed by atoms with Crippen LogP contribution in [0.3, 0.4) is 0 Å². The van der Waals surface area contributed by atoms with Gasteiger partial charge in [0.1, 0.15) is 11.6 Å². The molecule has 6 nitrogen and oxygen atoms in total. The average Bonchev–Trinajstić information content (AvgIpc) is 2.92. The van der Waals surface area contributed by atoms with E-state index in [1.807, 2.05) is 6.92 Å². The number of aromatic amines is 1. The number of amides is 1. The second-order valence-electron chi connectivity index (χ2n) is 4.69. The molecule has 0 aliphatic carbocycles. The van der Waals surface area contributed by atoms with Gasteiger partial charge in [0.05, 0.1) is 6.04 Å². The van der Waals surface area contributed by atoms with Crippen LogP contribution in [-0.4, -0.2) is 20.9 Å². The Hall–Kier alpha value is -2.37. The summed E-state index contributed by atoms with van der Waals surface area (Å²) in [5, 5.41) is 2.88. The molecule has 1 unspecified atom stereocenters. The summed E-state index contributed by atoms with van der Waals surface area (Å²) in [6, 6.07) is 3.18. The first kappa shape index (κ1) is 14.0. The van der Waals surface area contributed by atoms with Gasteiger partial charge in [-0.25, -0.2) is 9.97 Å². The third-order valence-electron chi connectivity index (χ3n) is 2.94. The van der Waals surface area contributed by atoms with Gasteiger partial charge in [0.15, 0.2) is 0 Å². The minimum Gasteiger partial charge on any atom is -0.384 e. The van der Waals surface area contributed by atoms with Crippen molar-refractivity contribution in [2.24, 2.45) is 0 Å². The van der Waals surface area contributed by atoms with Crippen molar-refractivity contribution in [1.82, 2.24) is 20.3 Å². The number of carbonyl (C=O) groups excluding carboxylic acids is 1. The predicted octanol–water partition coefficient (Wildman–Crippen LogP) is 1.83. The Kier molecular flexibility index (Phi) is 4.34. The first-order valence-corrected chi connectivity index (χ1v) is 6.66. The summed E-state index contributed by atoms with van der Waals surface area (Å²) < 4.78 is 0. The van der Waals surface area contributed by atoms with Gasteiger partial charge in [-0.15, -0.1) is 0 Å². The molecule has 0 radical (unpaired) electrons. The second kappa shape index (κ2) is 6.18. The number of imidazole rings is 1. The topological polar surface area (TPSA) is 96.7 Å². The molecule has 1 amide bonds. The minimum absolute atomic E-state index is 0.180. The van der Waals surface area contributed by atoms with Crippen molar-refractivity contribution < 1.29 is 4.79 Å². The standard InChI is InChI=1S/C14H19N5O/c1-3-4-11-7-10(8-12(15)19-11)14(20)18-9(2)13-16-5-6-17-13/h5-9H,3-4H2,1-2H3,(H2,15,19)(H,16,17)(H,18,20). The maximum Gasteiger partial charge on any atom is 0.252 e. The summed E-state index contributed by atoms with van der Waals surface area (Å²) in [6.07, 6.45) is 5.14. The summed E-state index contributed by atoms with van der Waals surface area (Å²) in [4.78, 5) is 23.5. The lowest BCUT2D eigenvalue weighted by molar-refractivity contribution is 0.0938. The third kappa shape index (κ3) is 3.34. The highest BCUT2D eigenvalue weighted by Gasteiger charge is 2.14. The van der Waals surface area contributed by atoms with Gasteiger partial charge in [0, 0.05) is 23.7 Å². The Morgan fingerprint density at radius 1 is 1.50 bits per heavy atom. The molecular weight excluding hydrogens is 254 g/mol. The molecule has 2 aromatic rings. The molecule has 2 rings (SSSR count). The lowest BCUT2D eigenvalue weighted by atomic mass is 10.1.